The zero-order valence-corrected chi connectivity index (χ0v) is 21.8. The molecule has 7 heteroatoms. The molecule has 1 heterocycles. The number of thiophene rings is 1. The van der Waals surface area contributed by atoms with Crippen LogP contribution in [0.1, 0.15) is 68.0 Å². The van der Waals surface area contributed by atoms with Crippen LogP contribution in [0.15, 0.2) is 36.4 Å². The molecule has 0 saturated heterocycles. The topological polar surface area (TPSA) is 80.7 Å². The van der Waals surface area contributed by atoms with Gasteiger partial charge in [0.15, 0.2) is 0 Å². The zero-order chi connectivity index (χ0) is 22.0. The minimum Gasteiger partial charge on any atom is -0.544 e. The monoisotopic (exact) mass is 463 g/mol. The van der Waals surface area contributed by atoms with Crippen LogP contribution in [-0.2, 0) is 4.79 Å². The molecule has 2 aliphatic rings. The molecule has 1 aromatic carbocycles. The van der Waals surface area contributed by atoms with Crippen molar-refractivity contribution in [3.05, 3.63) is 41.3 Å². The van der Waals surface area contributed by atoms with Crippen molar-refractivity contribution in [2.24, 2.45) is 11.8 Å². The number of carboxylic acids is 1. The van der Waals surface area contributed by atoms with Crippen LogP contribution in [-0.4, -0.2) is 29.1 Å². The molecule has 0 bridgehead atoms. The number of anilines is 1. The Labute approximate surface area is 216 Å². The number of nitrogens with zero attached hydrogens (tertiary/aromatic N) is 1. The van der Waals surface area contributed by atoms with Gasteiger partial charge in [-0.2, -0.15) is 0 Å². The molecule has 2 aromatic rings. The summed E-state index contributed by atoms with van der Waals surface area (Å²) >= 11 is 1.17. The Bertz CT molecular complexity index is 915. The number of carbonyl (C=O) groups is 2. The number of hydrogen-bond acceptors (Lipinski definition) is 5. The Morgan fingerprint density at radius 1 is 1.00 bits per heavy atom. The van der Waals surface area contributed by atoms with Crippen LogP contribution < -0.4 is 39.6 Å². The van der Waals surface area contributed by atoms with Gasteiger partial charge in [-0.3, -0.25) is 4.79 Å². The van der Waals surface area contributed by atoms with Crippen molar-refractivity contribution in [1.29, 1.82) is 0 Å². The summed E-state index contributed by atoms with van der Waals surface area (Å²) in [6.07, 6.45) is 6.04. The number of aliphatic hydroxyl groups excluding tert-OH is 1. The molecule has 0 unspecified atom stereocenters. The summed E-state index contributed by atoms with van der Waals surface area (Å²) in [4.78, 5) is 28.5. The summed E-state index contributed by atoms with van der Waals surface area (Å²) in [6.45, 7) is 2.22. The molecule has 1 N–H and O–H groups in total. The fourth-order valence-electron chi connectivity index (χ4n) is 4.97. The van der Waals surface area contributed by atoms with Gasteiger partial charge in [-0.25, -0.2) is 0 Å². The van der Waals surface area contributed by atoms with Crippen LogP contribution >= 0.6 is 11.3 Å². The fraction of sp³-hybridized carbons (Fsp3) is 0.520. The third-order valence-electron chi connectivity index (χ3n) is 6.85. The normalized spacial score (nSPS) is 25.6. The second kappa shape index (κ2) is 11.3. The van der Waals surface area contributed by atoms with E-state index in [9.17, 15) is 19.8 Å². The first-order valence-corrected chi connectivity index (χ1v) is 12.2. The van der Waals surface area contributed by atoms with E-state index in [0.29, 0.717) is 37.3 Å². The van der Waals surface area contributed by atoms with Crippen LogP contribution in [0, 0.1) is 11.8 Å². The number of hydrogen-bond donors (Lipinski definition) is 1. The molecule has 0 spiro atoms. The predicted octanol–water partition coefficient (Wildman–Crippen LogP) is 1.25. The summed E-state index contributed by atoms with van der Waals surface area (Å²) in [5, 5.41) is 22.1. The van der Waals surface area contributed by atoms with E-state index in [1.165, 1.54) is 11.3 Å². The molecule has 1 amide bonds. The smallest absolute Gasteiger partial charge is 0.544 e. The average molecular weight is 464 g/mol. The Morgan fingerprint density at radius 3 is 2.22 bits per heavy atom. The minimum absolute atomic E-state index is 0. The van der Waals surface area contributed by atoms with Gasteiger partial charge >= 0.3 is 29.6 Å². The van der Waals surface area contributed by atoms with Gasteiger partial charge in [0.1, 0.15) is 0 Å². The summed E-state index contributed by atoms with van der Waals surface area (Å²) in [5.74, 6) is -0.647. The molecule has 0 atom stereocenters. The minimum atomic E-state index is -1.24. The van der Waals surface area contributed by atoms with E-state index in [1.54, 1.807) is 4.90 Å². The number of benzene rings is 1. The van der Waals surface area contributed by atoms with Gasteiger partial charge in [-0.1, -0.05) is 37.3 Å². The number of aromatic carboxylic acids is 1. The van der Waals surface area contributed by atoms with Crippen molar-refractivity contribution in [3.8, 4) is 10.4 Å². The van der Waals surface area contributed by atoms with E-state index in [-0.39, 0.29) is 58.4 Å². The van der Waals surface area contributed by atoms with Crippen LogP contribution in [0.2, 0.25) is 0 Å². The van der Waals surface area contributed by atoms with Gasteiger partial charge in [-0.05, 0) is 68.9 Å². The van der Waals surface area contributed by atoms with Gasteiger partial charge < -0.3 is 19.9 Å². The van der Waals surface area contributed by atoms with Crippen molar-refractivity contribution < 1.29 is 49.4 Å². The largest absolute Gasteiger partial charge is 1.00 e. The quantitative estimate of drug-likeness (QED) is 0.677. The molecule has 2 fully saturated rings. The molecule has 0 aliphatic heterocycles. The molecule has 32 heavy (non-hydrogen) atoms. The summed E-state index contributed by atoms with van der Waals surface area (Å²) < 4.78 is 0. The van der Waals surface area contributed by atoms with Crippen molar-refractivity contribution >= 4 is 28.9 Å². The van der Waals surface area contributed by atoms with Gasteiger partial charge in [0.05, 0.1) is 22.6 Å². The predicted molar refractivity (Wildman–Crippen MR) is 121 cm³/mol. The van der Waals surface area contributed by atoms with Crippen molar-refractivity contribution in [2.45, 2.75) is 70.4 Å². The van der Waals surface area contributed by atoms with Crippen molar-refractivity contribution in [3.63, 3.8) is 0 Å². The Balaban J connectivity index is 0.00000289. The second-order valence-electron chi connectivity index (χ2n) is 9.11. The first kappa shape index (κ1) is 25.4. The van der Waals surface area contributed by atoms with E-state index in [0.717, 1.165) is 36.1 Å². The average Bonchev–Trinajstić information content (AvgIpc) is 3.22. The van der Waals surface area contributed by atoms with Gasteiger partial charge in [0.2, 0.25) is 5.91 Å². The Hall–Kier alpha value is -1.18. The van der Waals surface area contributed by atoms with Gasteiger partial charge in [0.25, 0.3) is 0 Å². The fourth-order valence-corrected chi connectivity index (χ4v) is 5.96. The molecule has 166 valence electrons. The molecule has 5 nitrogen and oxygen atoms in total. The second-order valence-corrected chi connectivity index (χ2v) is 10.2. The third-order valence-corrected chi connectivity index (χ3v) is 8.00. The maximum atomic E-state index is 13.8. The number of carbonyl (C=O) groups excluding carboxylic acids is 2. The molecule has 2 saturated carbocycles. The number of carboxylic acid groups (broad SMARTS) is 1. The number of rotatable bonds is 5. The van der Waals surface area contributed by atoms with Crippen molar-refractivity contribution in [1.82, 2.24) is 0 Å². The van der Waals surface area contributed by atoms with Crippen molar-refractivity contribution in [2.75, 3.05) is 4.90 Å². The maximum absolute atomic E-state index is 13.8. The molecular weight excluding hydrogens is 433 g/mol. The molecule has 1 aromatic heterocycles. The zero-order valence-electron chi connectivity index (χ0n) is 19.0. The maximum Gasteiger partial charge on any atom is 1.00 e. The van der Waals surface area contributed by atoms with Crippen LogP contribution in [0.25, 0.3) is 10.4 Å². The van der Waals surface area contributed by atoms with E-state index in [4.69, 9.17) is 0 Å². The third kappa shape index (κ3) is 5.65. The molecule has 4 rings (SSSR count). The molecule has 2 aliphatic carbocycles. The standard InChI is InChI=1S/C25H31NO4S.Na/c1-16-7-9-18(10-8-16)24(28)26(19-11-13-20(27)14-12-19)21-15-22(31-23(21)25(29)30)17-5-3-2-4-6-17;/h2-6,15-16,18-20,27H,7-14H2,1H3,(H,29,30);/q;+1/p-1. The molecular formula is C25H30NNaO4S. The van der Waals surface area contributed by atoms with E-state index < -0.39 is 5.97 Å². The number of amides is 1. The van der Waals surface area contributed by atoms with Gasteiger partial charge in [-0.15, -0.1) is 11.3 Å². The summed E-state index contributed by atoms with van der Waals surface area (Å²) in [7, 11) is 0. The van der Waals surface area contributed by atoms with Gasteiger partial charge in [0, 0.05) is 16.8 Å². The Kier molecular flexibility index (Phi) is 8.98. The van der Waals surface area contributed by atoms with Crippen LogP contribution in [0.3, 0.4) is 0 Å². The number of aliphatic hydroxyl groups is 1. The van der Waals surface area contributed by atoms with E-state index in [2.05, 4.69) is 6.92 Å². The van der Waals surface area contributed by atoms with E-state index >= 15 is 0 Å². The Morgan fingerprint density at radius 2 is 1.62 bits per heavy atom. The van der Waals surface area contributed by atoms with E-state index in [1.807, 2.05) is 36.4 Å². The SMILES string of the molecule is CC1CCC(C(=O)N(c2cc(-c3ccccc3)sc2C(=O)[O-])C2CCC(O)CC2)CC1.[Na+]. The summed E-state index contributed by atoms with van der Waals surface area (Å²) in [5.41, 5.74) is 1.40. The molecule has 0 radical (unpaired) electrons. The summed E-state index contributed by atoms with van der Waals surface area (Å²) in [6, 6.07) is 11.4. The van der Waals surface area contributed by atoms with Crippen LogP contribution in [0.5, 0.6) is 0 Å². The van der Waals surface area contributed by atoms with Crippen LogP contribution in [0.4, 0.5) is 5.69 Å². The first-order chi connectivity index (χ1) is 14.9. The first-order valence-electron chi connectivity index (χ1n) is 11.4.